The van der Waals surface area contributed by atoms with Gasteiger partial charge in [-0.1, -0.05) is 54.6 Å². The van der Waals surface area contributed by atoms with E-state index in [0.29, 0.717) is 5.13 Å². The number of rotatable bonds is 5. The molecule has 136 valence electrons. The van der Waals surface area contributed by atoms with Gasteiger partial charge in [-0.15, -0.1) is 11.3 Å². The Morgan fingerprint density at radius 3 is 2.74 bits per heavy atom. The number of aromatic nitrogens is 1. The molecule has 1 N–H and O–H groups in total. The Morgan fingerprint density at radius 2 is 1.89 bits per heavy atom. The standard InChI is InChI=1S/C22H21N3OS/c26-21(11-10-17-6-2-1-3-7-17)24-22-23-20(16-27-22)15-25-13-12-18-8-4-5-9-19(18)14-25/h1-11,16H,12-15H2,(H,23,24,26)/b11-10+. The van der Waals surface area contributed by atoms with Crippen LogP contribution >= 0.6 is 11.3 Å². The quantitative estimate of drug-likeness (QED) is 0.674. The van der Waals surface area contributed by atoms with Crippen LogP contribution in [0.25, 0.3) is 6.08 Å². The second kappa shape index (κ2) is 8.29. The van der Waals surface area contributed by atoms with Crippen LogP contribution in [0.4, 0.5) is 5.13 Å². The van der Waals surface area contributed by atoms with Crippen molar-refractivity contribution in [2.75, 3.05) is 11.9 Å². The zero-order valence-electron chi connectivity index (χ0n) is 15.0. The number of anilines is 1. The SMILES string of the molecule is O=C(/C=C/c1ccccc1)Nc1nc(CN2CCc3ccccc3C2)cs1. The average Bonchev–Trinajstić information content (AvgIpc) is 3.14. The van der Waals surface area contributed by atoms with E-state index in [-0.39, 0.29) is 5.91 Å². The number of carbonyl (C=O) groups excluding carboxylic acids is 1. The normalized spacial score (nSPS) is 14.2. The van der Waals surface area contributed by atoms with Crippen molar-refractivity contribution < 1.29 is 4.79 Å². The molecule has 0 unspecified atom stereocenters. The van der Waals surface area contributed by atoms with E-state index in [4.69, 9.17) is 0 Å². The summed E-state index contributed by atoms with van der Waals surface area (Å²) in [5, 5.41) is 5.52. The third kappa shape index (κ3) is 4.70. The van der Waals surface area contributed by atoms with Crippen molar-refractivity contribution in [1.29, 1.82) is 0 Å². The number of carbonyl (C=O) groups is 1. The van der Waals surface area contributed by atoms with Gasteiger partial charge in [0.05, 0.1) is 5.69 Å². The third-order valence-electron chi connectivity index (χ3n) is 4.60. The summed E-state index contributed by atoms with van der Waals surface area (Å²) in [5.74, 6) is -0.161. The first-order chi connectivity index (χ1) is 13.3. The number of thiazole rings is 1. The largest absolute Gasteiger partial charge is 0.298 e. The molecule has 0 aliphatic carbocycles. The lowest BCUT2D eigenvalue weighted by Crippen LogP contribution is -2.30. The highest BCUT2D eigenvalue weighted by molar-refractivity contribution is 7.13. The molecular weight excluding hydrogens is 354 g/mol. The van der Waals surface area contributed by atoms with Crippen molar-refractivity contribution in [3.05, 3.63) is 88.4 Å². The molecule has 1 aromatic heterocycles. The molecule has 3 aromatic rings. The van der Waals surface area contributed by atoms with Gasteiger partial charge in [0.15, 0.2) is 5.13 Å². The Labute approximate surface area is 163 Å². The molecular formula is C22H21N3OS. The Kier molecular flexibility index (Phi) is 5.42. The minimum atomic E-state index is -0.161. The molecule has 27 heavy (non-hydrogen) atoms. The smallest absolute Gasteiger partial charge is 0.250 e. The molecule has 1 aliphatic rings. The van der Waals surface area contributed by atoms with Crippen LogP contribution in [0.15, 0.2) is 66.1 Å². The molecule has 0 bridgehead atoms. The average molecular weight is 375 g/mol. The van der Waals surface area contributed by atoms with Crippen molar-refractivity contribution >= 4 is 28.5 Å². The number of benzene rings is 2. The lowest BCUT2D eigenvalue weighted by atomic mass is 10.00. The van der Waals surface area contributed by atoms with E-state index < -0.39 is 0 Å². The number of nitrogens with zero attached hydrogens (tertiary/aromatic N) is 2. The maximum Gasteiger partial charge on any atom is 0.250 e. The molecule has 2 aromatic carbocycles. The number of hydrogen-bond acceptors (Lipinski definition) is 4. The van der Waals surface area contributed by atoms with Crippen LogP contribution in [0, 0.1) is 0 Å². The Balaban J connectivity index is 1.32. The summed E-state index contributed by atoms with van der Waals surface area (Å²) in [6, 6.07) is 18.4. The molecule has 0 spiro atoms. The van der Waals surface area contributed by atoms with Gasteiger partial charge in [-0.05, 0) is 29.2 Å². The Hall–Kier alpha value is -2.76. The fourth-order valence-electron chi connectivity index (χ4n) is 3.24. The highest BCUT2D eigenvalue weighted by atomic mass is 32.1. The topological polar surface area (TPSA) is 45.2 Å². The van der Waals surface area contributed by atoms with Crippen LogP contribution in [0.5, 0.6) is 0 Å². The fourth-order valence-corrected chi connectivity index (χ4v) is 3.94. The number of hydrogen-bond donors (Lipinski definition) is 1. The second-order valence-electron chi connectivity index (χ2n) is 6.61. The third-order valence-corrected chi connectivity index (χ3v) is 5.41. The maximum absolute atomic E-state index is 12.1. The van der Waals surface area contributed by atoms with Crippen LogP contribution in [-0.4, -0.2) is 22.3 Å². The Bertz CT molecular complexity index is 949. The molecule has 1 aliphatic heterocycles. The molecule has 0 fully saturated rings. The number of fused-ring (bicyclic) bond motifs is 1. The van der Waals surface area contributed by atoms with E-state index in [0.717, 1.165) is 37.3 Å². The minimum Gasteiger partial charge on any atom is -0.298 e. The van der Waals surface area contributed by atoms with Crippen LogP contribution in [0.3, 0.4) is 0 Å². The van der Waals surface area contributed by atoms with Crippen LogP contribution in [0.1, 0.15) is 22.4 Å². The van der Waals surface area contributed by atoms with Crippen LogP contribution < -0.4 is 5.32 Å². The van der Waals surface area contributed by atoms with E-state index in [1.807, 2.05) is 35.7 Å². The number of amides is 1. The van der Waals surface area contributed by atoms with Crippen molar-refractivity contribution in [3.8, 4) is 0 Å². The van der Waals surface area contributed by atoms with E-state index >= 15 is 0 Å². The van der Waals surface area contributed by atoms with E-state index in [1.165, 1.54) is 28.5 Å². The molecule has 1 amide bonds. The van der Waals surface area contributed by atoms with Gasteiger partial charge in [0.2, 0.25) is 5.91 Å². The lowest BCUT2D eigenvalue weighted by Gasteiger charge is -2.27. The fraction of sp³-hybridized carbons (Fsp3) is 0.182. The van der Waals surface area contributed by atoms with Gasteiger partial charge < -0.3 is 0 Å². The van der Waals surface area contributed by atoms with E-state index in [9.17, 15) is 4.79 Å². The molecule has 0 saturated heterocycles. The van der Waals surface area contributed by atoms with E-state index in [2.05, 4.69) is 39.5 Å². The van der Waals surface area contributed by atoms with Gasteiger partial charge in [-0.2, -0.15) is 0 Å². The first-order valence-corrected chi connectivity index (χ1v) is 9.92. The van der Waals surface area contributed by atoms with Crippen molar-refractivity contribution in [2.45, 2.75) is 19.5 Å². The highest BCUT2D eigenvalue weighted by Gasteiger charge is 2.17. The predicted octanol–water partition coefficient (Wildman–Crippen LogP) is 4.35. The van der Waals surface area contributed by atoms with Crippen LogP contribution in [0.2, 0.25) is 0 Å². The molecule has 4 nitrogen and oxygen atoms in total. The van der Waals surface area contributed by atoms with Gasteiger partial charge >= 0.3 is 0 Å². The van der Waals surface area contributed by atoms with Crippen molar-refractivity contribution in [1.82, 2.24) is 9.88 Å². The molecule has 2 heterocycles. The highest BCUT2D eigenvalue weighted by Crippen LogP contribution is 2.22. The van der Waals surface area contributed by atoms with Crippen molar-refractivity contribution in [3.63, 3.8) is 0 Å². The zero-order chi connectivity index (χ0) is 18.5. The van der Waals surface area contributed by atoms with Gasteiger partial charge in [0.1, 0.15) is 0 Å². The van der Waals surface area contributed by atoms with E-state index in [1.54, 1.807) is 6.08 Å². The Morgan fingerprint density at radius 1 is 1.11 bits per heavy atom. The van der Waals surface area contributed by atoms with Crippen LogP contribution in [-0.2, 0) is 24.3 Å². The minimum absolute atomic E-state index is 0.161. The summed E-state index contributed by atoms with van der Waals surface area (Å²) in [6.07, 6.45) is 4.42. The molecule has 0 radical (unpaired) electrons. The number of nitrogens with one attached hydrogen (secondary N) is 1. The van der Waals surface area contributed by atoms with Gasteiger partial charge in [0.25, 0.3) is 0 Å². The zero-order valence-corrected chi connectivity index (χ0v) is 15.8. The lowest BCUT2D eigenvalue weighted by molar-refractivity contribution is -0.111. The molecule has 0 saturated carbocycles. The van der Waals surface area contributed by atoms with Crippen molar-refractivity contribution in [2.24, 2.45) is 0 Å². The predicted molar refractivity (Wildman–Crippen MR) is 110 cm³/mol. The first kappa shape index (κ1) is 17.6. The summed E-state index contributed by atoms with van der Waals surface area (Å²) in [7, 11) is 0. The van der Waals surface area contributed by atoms with Gasteiger partial charge in [-0.25, -0.2) is 4.98 Å². The summed E-state index contributed by atoms with van der Waals surface area (Å²) >= 11 is 1.47. The first-order valence-electron chi connectivity index (χ1n) is 9.04. The molecule has 4 rings (SSSR count). The summed E-state index contributed by atoms with van der Waals surface area (Å²) < 4.78 is 0. The second-order valence-corrected chi connectivity index (χ2v) is 7.46. The maximum atomic E-state index is 12.1. The summed E-state index contributed by atoms with van der Waals surface area (Å²) in [4.78, 5) is 19.0. The molecule has 5 heteroatoms. The molecule has 0 atom stereocenters. The monoisotopic (exact) mass is 375 g/mol. The van der Waals surface area contributed by atoms with Gasteiger partial charge in [-0.3, -0.25) is 15.0 Å². The summed E-state index contributed by atoms with van der Waals surface area (Å²) in [6.45, 7) is 2.80. The van der Waals surface area contributed by atoms with Gasteiger partial charge in [0, 0.05) is 31.1 Å². The summed E-state index contributed by atoms with van der Waals surface area (Å²) in [5.41, 5.74) is 4.85.